The van der Waals surface area contributed by atoms with Gasteiger partial charge in [0.05, 0.1) is 6.10 Å². The summed E-state index contributed by atoms with van der Waals surface area (Å²) in [5, 5.41) is 9.86. The molecule has 2 atom stereocenters. The summed E-state index contributed by atoms with van der Waals surface area (Å²) in [5.41, 5.74) is 6.78. The summed E-state index contributed by atoms with van der Waals surface area (Å²) in [6.07, 6.45) is 2.61. The predicted octanol–water partition coefficient (Wildman–Crippen LogP) is 1.36. The van der Waals surface area contributed by atoms with Crippen molar-refractivity contribution in [1.29, 1.82) is 0 Å². The highest BCUT2D eigenvalue weighted by Crippen LogP contribution is 2.09. The largest absolute Gasteiger partial charge is 0.391 e. The molecular formula is C12H20N2O. The number of pyridine rings is 1. The number of rotatable bonds is 5. The Bertz CT molecular complexity index is 274. The first kappa shape index (κ1) is 12.1. The zero-order valence-electron chi connectivity index (χ0n) is 9.43. The van der Waals surface area contributed by atoms with E-state index in [1.807, 2.05) is 18.2 Å². The minimum Gasteiger partial charge on any atom is -0.391 e. The van der Waals surface area contributed by atoms with Crippen molar-refractivity contribution in [3.05, 3.63) is 30.1 Å². The summed E-state index contributed by atoms with van der Waals surface area (Å²) < 4.78 is 0. The van der Waals surface area contributed by atoms with Gasteiger partial charge in [-0.05, 0) is 24.5 Å². The molecule has 84 valence electrons. The molecule has 0 radical (unpaired) electrons. The zero-order valence-corrected chi connectivity index (χ0v) is 9.43. The number of aliphatic hydroxyl groups is 1. The van der Waals surface area contributed by atoms with E-state index < -0.39 is 6.10 Å². The van der Waals surface area contributed by atoms with Gasteiger partial charge in [0.25, 0.3) is 0 Å². The Hall–Kier alpha value is -0.930. The van der Waals surface area contributed by atoms with E-state index >= 15 is 0 Å². The van der Waals surface area contributed by atoms with Crippen LogP contribution < -0.4 is 5.73 Å². The normalized spacial score (nSPS) is 15.3. The van der Waals surface area contributed by atoms with Crippen molar-refractivity contribution in [2.24, 2.45) is 11.7 Å². The number of nitrogens with zero attached hydrogens (tertiary/aromatic N) is 1. The molecule has 1 heterocycles. The van der Waals surface area contributed by atoms with Gasteiger partial charge in [-0.15, -0.1) is 0 Å². The maximum Gasteiger partial charge on any atom is 0.0746 e. The van der Waals surface area contributed by atoms with Gasteiger partial charge in [0.1, 0.15) is 0 Å². The summed E-state index contributed by atoms with van der Waals surface area (Å²) in [5.74, 6) is 0.512. The topological polar surface area (TPSA) is 59.1 Å². The number of aromatic nitrogens is 1. The van der Waals surface area contributed by atoms with Crippen LogP contribution in [0.25, 0.3) is 0 Å². The molecule has 0 aromatic carbocycles. The van der Waals surface area contributed by atoms with Crippen LogP contribution in [-0.4, -0.2) is 22.2 Å². The van der Waals surface area contributed by atoms with Gasteiger partial charge in [-0.2, -0.15) is 0 Å². The molecule has 0 amide bonds. The average Bonchev–Trinajstić information content (AvgIpc) is 2.18. The molecule has 1 aromatic rings. The van der Waals surface area contributed by atoms with Crippen LogP contribution in [0.3, 0.4) is 0 Å². The van der Waals surface area contributed by atoms with Crippen molar-refractivity contribution in [2.75, 3.05) is 0 Å². The Morgan fingerprint density at radius 2 is 2.13 bits per heavy atom. The van der Waals surface area contributed by atoms with Gasteiger partial charge >= 0.3 is 0 Å². The predicted molar refractivity (Wildman–Crippen MR) is 61.4 cm³/mol. The highest BCUT2D eigenvalue weighted by molar-refractivity contribution is 5.05. The molecule has 2 unspecified atom stereocenters. The minimum atomic E-state index is -0.498. The van der Waals surface area contributed by atoms with Crippen LogP contribution in [0.5, 0.6) is 0 Å². The molecule has 1 aromatic heterocycles. The van der Waals surface area contributed by atoms with Crippen molar-refractivity contribution in [2.45, 2.75) is 38.8 Å². The van der Waals surface area contributed by atoms with E-state index in [-0.39, 0.29) is 6.04 Å². The lowest BCUT2D eigenvalue weighted by atomic mass is 9.97. The first-order chi connectivity index (χ1) is 7.09. The number of hydrogen-bond donors (Lipinski definition) is 2. The molecule has 1 rings (SSSR count). The quantitative estimate of drug-likeness (QED) is 0.768. The number of aliphatic hydroxyl groups excluding tert-OH is 1. The van der Waals surface area contributed by atoms with E-state index in [0.29, 0.717) is 12.3 Å². The minimum absolute atomic E-state index is 0.160. The van der Waals surface area contributed by atoms with Crippen molar-refractivity contribution in [3.63, 3.8) is 0 Å². The molecule has 0 saturated carbocycles. The van der Waals surface area contributed by atoms with Crippen LogP contribution in [0.1, 0.15) is 26.0 Å². The summed E-state index contributed by atoms with van der Waals surface area (Å²) in [7, 11) is 0. The van der Waals surface area contributed by atoms with Gasteiger partial charge in [-0.3, -0.25) is 4.98 Å². The van der Waals surface area contributed by atoms with Gasteiger partial charge in [0.15, 0.2) is 0 Å². The molecule has 3 nitrogen and oxygen atoms in total. The lowest BCUT2D eigenvalue weighted by molar-refractivity contribution is 0.133. The van der Waals surface area contributed by atoms with Gasteiger partial charge in [0.2, 0.25) is 0 Å². The maximum atomic E-state index is 9.86. The monoisotopic (exact) mass is 208 g/mol. The second kappa shape index (κ2) is 5.83. The second-order valence-electron chi connectivity index (χ2n) is 4.39. The van der Waals surface area contributed by atoms with Crippen LogP contribution in [-0.2, 0) is 6.42 Å². The van der Waals surface area contributed by atoms with Crippen LogP contribution in [0.4, 0.5) is 0 Å². The first-order valence-corrected chi connectivity index (χ1v) is 5.43. The zero-order chi connectivity index (χ0) is 11.3. The molecule has 3 heteroatoms. The maximum absolute atomic E-state index is 9.86. The Morgan fingerprint density at radius 1 is 1.40 bits per heavy atom. The van der Waals surface area contributed by atoms with Gasteiger partial charge in [-0.25, -0.2) is 0 Å². The van der Waals surface area contributed by atoms with E-state index in [1.54, 1.807) is 6.20 Å². The fourth-order valence-electron chi connectivity index (χ4n) is 1.59. The Balaban J connectivity index is 2.45. The van der Waals surface area contributed by atoms with Crippen molar-refractivity contribution < 1.29 is 5.11 Å². The lowest BCUT2D eigenvalue weighted by Crippen LogP contribution is -2.37. The molecule has 0 aliphatic rings. The molecule has 0 aliphatic heterocycles. The Kier molecular flexibility index (Phi) is 4.72. The summed E-state index contributed by atoms with van der Waals surface area (Å²) in [6, 6.07) is 5.53. The van der Waals surface area contributed by atoms with Crippen molar-refractivity contribution in [1.82, 2.24) is 4.98 Å². The van der Waals surface area contributed by atoms with Crippen molar-refractivity contribution in [3.8, 4) is 0 Å². The highest BCUT2D eigenvalue weighted by atomic mass is 16.3. The molecule has 0 fully saturated rings. The fraction of sp³-hybridized carbons (Fsp3) is 0.583. The summed E-state index contributed by atoms with van der Waals surface area (Å²) in [6.45, 7) is 4.21. The summed E-state index contributed by atoms with van der Waals surface area (Å²) in [4.78, 5) is 4.16. The van der Waals surface area contributed by atoms with Crippen LogP contribution in [0, 0.1) is 5.92 Å². The van der Waals surface area contributed by atoms with E-state index in [1.165, 1.54) is 0 Å². The van der Waals surface area contributed by atoms with Crippen LogP contribution >= 0.6 is 0 Å². The molecule has 0 saturated heterocycles. The SMILES string of the molecule is CC(C)CC(N)C(O)Cc1ccccn1. The fourth-order valence-corrected chi connectivity index (χ4v) is 1.59. The average molecular weight is 208 g/mol. The molecule has 3 N–H and O–H groups in total. The van der Waals surface area contributed by atoms with E-state index in [2.05, 4.69) is 18.8 Å². The lowest BCUT2D eigenvalue weighted by Gasteiger charge is -2.20. The molecule has 15 heavy (non-hydrogen) atoms. The third-order valence-electron chi connectivity index (χ3n) is 2.38. The molecule has 0 bridgehead atoms. The summed E-state index contributed by atoms with van der Waals surface area (Å²) >= 11 is 0. The molecule has 0 aliphatic carbocycles. The van der Waals surface area contributed by atoms with E-state index in [4.69, 9.17) is 5.73 Å². The number of hydrogen-bond acceptors (Lipinski definition) is 3. The highest BCUT2D eigenvalue weighted by Gasteiger charge is 2.16. The van der Waals surface area contributed by atoms with Gasteiger partial charge < -0.3 is 10.8 Å². The second-order valence-corrected chi connectivity index (χ2v) is 4.39. The standard InChI is InChI=1S/C12H20N2O/c1-9(2)7-11(13)12(15)8-10-5-3-4-6-14-10/h3-6,9,11-12,15H,7-8,13H2,1-2H3. The van der Waals surface area contributed by atoms with Crippen molar-refractivity contribution >= 4 is 0 Å². The smallest absolute Gasteiger partial charge is 0.0746 e. The first-order valence-electron chi connectivity index (χ1n) is 5.43. The molecular weight excluding hydrogens is 188 g/mol. The van der Waals surface area contributed by atoms with Crippen LogP contribution in [0.2, 0.25) is 0 Å². The Labute approximate surface area is 91.3 Å². The van der Waals surface area contributed by atoms with E-state index in [0.717, 1.165) is 12.1 Å². The Morgan fingerprint density at radius 3 is 2.67 bits per heavy atom. The number of nitrogens with two attached hydrogens (primary N) is 1. The van der Waals surface area contributed by atoms with Crippen LogP contribution in [0.15, 0.2) is 24.4 Å². The van der Waals surface area contributed by atoms with Gasteiger partial charge in [-0.1, -0.05) is 19.9 Å². The molecule has 0 spiro atoms. The van der Waals surface area contributed by atoms with Gasteiger partial charge in [0, 0.05) is 24.4 Å². The third kappa shape index (κ3) is 4.40. The third-order valence-corrected chi connectivity index (χ3v) is 2.38. The van der Waals surface area contributed by atoms with E-state index in [9.17, 15) is 5.11 Å².